The van der Waals surface area contributed by atoms with Gasteiger partial charge in [0.1, 0.15) is 0 Å². The summed E-state index contributed by atoms with van der Waals surface area (Å²) in [5, 5.41) is 0. The van der Waals surface area contributed by atoms with Crippen molar-refractivity contribution in [2.75, 3.05) is 27.2 Å². The molecule has 0 amide bonds. The molecule has 2 rings (SSSR count). The molecule has 1 aromatic carbocycles. The number of benzene rings is 1. The summed E-state index contributed by atoms with van der Waals surface area (Å²) >= 11 is 0. The minimum Gasteiger partial charge on any atom is -0.469 e. The number of hydrogen-bond acceptors (Lipinski definition) is 3. The van der Waals surface area contributed by atoms with Crippen LogP contribution in [-0.2, 0) is 9.53 Å². The lowest BCUT2D eigenvalue weighted by Crippen LogP contribution is -2.41. The maximum atomic E-state index is 12.0. The molecule has 1 aromatic rings. The first-order chi connectivity index (χ1) is 9.15. The molecular formula is C16H21NO2. The van der Waals surface area contributed by atoms with Crippen LogP contribution in [-0.4, -0.2) is 38.1 Å². The van der Waals surface area contributed by atoms with E-state index in [2.05, 4.69) is 35.7 Å². The Labute approximate surface area is 114 Å². The van der Waals surface area contributed by atoms with Crippen LogP contribution >= 0.6 is 0 Å². The summed E-state index contributed by atoms with van der Waals surface area (Å²) in [6, 6.07) is 8.30. The van der Waals surface area contributed by atoms with E-state index in [1.807, 2.05) is 13.1 Å². The van der Waals surface area contributed by atoms with Crippen molar-refractivity contribution in [2.45, 2.75) is 12.3 Å². The van der Waals surface area contributed by atoms with E-state index in [9.17, 15) is 4.79 Å². The number of piperidine rings is 1. The van der Waals surface area contributed by atoms with Gasteiger partial charge in [0, 0.05) is 6.54 Å². The zero-order chi connectivity index (χ0) is 13.8. The van der Waals surface area contributed by atoms with Crippen LogP contribution in [0.1, 0.15) is 23.5 Å². The maximum absolute atomic E-state index is 12.0. The Kier molecular flexibility index (Phi) is 4.38. The number of carbonyl (C=O) groups excluding carboxylic acids is 1. The van der Waals surface area contributed by atoms with E-state index in [0.29, 0.717) is 0 Å². The Balaban J connectivity index is 2.23. The van der Waals surface area contributed by atoms with Gasteiger partial charge in [0.2, 0.25) is 0 Å². The molecule has 3 heteroatoms. The third-order valence-corrected chi connectivity index (χ3v) is 3.92. The average molecular weight is 259 g/mol. The predicted octanol–water partition coefficient (Wildman–Crippen LogP) is 2.54. The molecule has 0 aromatic heterocycles. The van der Waals surface area contributed by atoms with Crippen LogP contribution in [0.15, 0.2) is 30.8 Å². The highest BCUT2D eigenvalue weighted by atomic mass is 16.5. The van der Waals surface area contributed by atoms with Crippen LogP contribution in [0.3, 0.4) is 0 Å². The summed E-state index contributed by atoms with van der Waals surface area (Å²) in [6.45, 7) is 5.54. The van der Waals surface area contributed by atoms with Gasteiger partial charge in [-0.25, -0.2) is 0 Å². The van der Waals surface area contributed by atoms with Gasteiger partial charge in [-0.3, -0.25) is 4.79 Å². The van der Waals surface area contributed by atoms with Crippen molar-refractivity contribution in [1.29, 1.82) is 0 Å². The van der Waals surface area contributed by atoms with Crippen LogP contribution in [0.2, 0.25) is 0 Å². The SMILES string of the molecule is C=Cc1ccc([C@H]2CCN(C)CC2C(=O)OC)cc1. The molecule has 1 heterocycles. The second-order valence-electron chi connectivity index (χ2n) is 5.16. The summed E-state index contributed by atoms with van der Waals surface area (Å²) in [6.07, 6.45) is 2.82. The van der Waals surface area contributed by atoms with Crippen LogP contribution < -0.4 is 0 Å². The van der Waals surface area contributed by atoms with Gasteiger partial charge in [-0.1, -0.05) is 36.9 Å². The monoisotopic (exact) mass is 259 g/mol. The molecule has 0 spiro atoms. The zero-order valence-electron chi connectivity index (χ0n) is 11.6. The quantitative estimate of drug-likeness (QED) is 0.781. The fourth-order valence-electron chi connectivity index (χ4n) is 2.78. The van der Waals surface area contributed by atoms with E-state index in [-0.39, 0.29) is 17.8 Å². The largest absolute Gasteiger partial charge is 0.469 e. The molecule has 0 N–H and O–H groups in total. The second-order valence-corrected chi connectivity index (χ2v) is 5.16. The van der Waals surface area contributed by atoms with Crippen molar-refractivity contribution in [3.8, 4) is 0 Å². The van der Waals surface area contributed by atoms with Crippen molar-refractivity contribution >= 4 is 12.0 Å². The average Bonchev–Trinajstić information content (AvgIpc) is 2.46. The second kappa shape index (κ2) is 6.02. The molecule has 2 atom stereocenters. The molecule has 0 bridgehead atoms. The molecule has 102 valence electrons. The topological polar surface area (TPSA) is 29.5 Å². The van der Waals surface area contributed by atoms with Gasteiger partial charge in [-0.15, -0.1) is 0 Å². The number of ether oxygens (including phenoxy) is 1. The standard InChI is InChI=1S/C16H21NO2/c1-4-12-5-7-13(8-6-12)14-9-10-17(2)11-15(14)16(18)19-3/h4-8,14-15H,1,9-11H2,2-3H3/t14-,15?/m1/s1. The van der Waals surface area contributed by atoms with Crippen molar-refractivity contribution in [3.63, 3.8) is 0 Å². The van der Waals surface area contributed by atoms with Crippen molar-refractivity contribution in [2.24, 2.45) is 5.92 Å². The zero-order valence-corrected chi connectivity index (χ0v) is 11.6. The van der Waals surface area contributed by atoms with E-state index < -0.39 is 0 Å². The molecule has 3 nitrogen and oxygen atoms in total. The Morgan fingerprint density at radius 1 is 1.42 bits per heavy atom. The minimum atomic E-state index is -0.107. The van der Waals surface area contributed by atoms with Gasteiger partial charge in [-0.2, -0.15) is 0 Å². The first-order valence-electron chi connectivity index (χ1n) is 6.64. The molecule has 1 saturated heterocycles. The van der Waals surface area contributed by atoms with Gasteiger partial charge in [0.05, 0.1) is 13.0 Å². The Morgan fingerprint density at radius 2 is 2.11 bits per heavy atom. The maximum Gasteiger partial charge on any atom is 0.310 e. The van der Waals surface area contributed by atoms with Gasteiger partial charge in [-0.05, 0) is 37.1 Å². The normalized spacial score (nSPS) is 23.9. The smallest absolute Gasteiger partial charge is 0.310 e. The molecule has 1 fully saturated rings. The number of likely N-dealkylation sites (tertiary alicyclic amines) is 1. The highest BCUT2D eigenvalue weighted by Gasteiger charge is 2.34. The molecule has 0 saturated carbocycles. The fourth-order valence-corrected chi connectivity index (χ4v) is 2.78. The molecule has 19 heavy (non-hydrogen) atoms. The first kappa shape index (κ1) is 13.8. The fraction of sp³-hybridized carbons (Fsp3) is 0.438. The number of rotatable bonds is 3. The van der Waals surface area contributed by atoms with E-state index in [0.717, 1.165) is 25.1 Å². The Bertz CT molecular complexity index is 452. The van der Waals surface area contributed by atoms with Crippen molar-refractivity contribution in [3.05, 3.63) is 42.0 Å². The summed E-state index contributed by atoms with van der Waals surface area (Å²) in [5.41, 5.74) is 2.32. The van der Waals surface area contributed by atoms with Crippen LogP contribution in [0.25, 0.3) is 6.08 Å². The molecule has 1 aliphatic heterocycles. The number of hydrogen-bond donors (Lipinski definition) is 0. The van der Waals surface area contributed by atoms with E-state index in [4.69, 9.17) is 4.74 Å². The van der Waals surface area contributed by atoms with Crippen LogP contribution in [0.5, 0.6) is 0 Å². The summed E-state index contributed by atoms with van der Waals surface area (Å²) in [4.78, 5) is 14.1. The Hall–Kier alpha value is -1.61. The third kappa shape index (κ3) is 3.04. The van der Waals surface area contributed by atoms with Gasteiger partial charge in [0.25, 0.3) is 0 Å². The van der Waals surface area contributed by atoms with Gasteiger partial charge < -0.3 is 9.64 Å². The molecule has 1 unspecified atom stereocenters. The third-order valence-electron chi connectivity index (χ3n) is 3.92. The van der Waals surface area contributed by atoms with Crippen molar-refractivity contribution < 1.29 is 9.53 Å². The lowest BCUT2D eigenvalue weighted by Gasteiger charge is -2.35. The first-order valence-corrected chi connectivity index (χ1v) is 6.64. The van der Waals surface area contributed by atoms with E-state index >= 15 is 0 Å². The number of nitrogens with zero attached hydrogens (tertiary/aromatic N) is 1. The number of methoxy groups -OCH3 is 1. The lowest BCUT2D eigenvalue weighted by molar-refractivity contribution is -0.148. The van der Waals surface area contributed by atoms with E-state index in [1.54, 1.807) is 0 Å². The predicted molar refractivity (Wildman–Crippen MR) is 76.9 cm³/mol. The lowest BCUT2D eigenvalue weighted by atomic mass is 9.80. The summed E-state index contributed by atoms with van der Waals surface area (Å²) in [5.74, 6) is 0.0743. The Morgan fingerprint density at radius 3 is 2.68 bits per heavy atom. The summed E-state index contributed by atoms with van der Waals surface area (Å²) < 4.78 is 4.95. The molecule has 1 aliphatic rings. The van der Waals surface area contributed by atoms with Gasteiger partial charge >= 0.3 is 5.97 Å². The molecule has 0 radical (unpaired) electrons. The minimum absolute atomic E-state index is 0.0710. The molecular weight excluding hydrogens is 238 g/mol. The van der Waals surface area contributed by atoms with E-state index in [1.165, 1.54) is 12.7 Å². The number of esters is 1. The van der Waals surface area contributed by atoms with Crippen molar-refractivity contribution in [1.82, 2.24) is 4.90 Å². The molecule has 0 aliphatic carbocycles. The highest BCUT2D eigenvalue weighted by molar-refractivity contribution is 5.74. The van der Waals surface area contributed by atoms with Crippen LogP contribution in [0.4, 0.5) is 0 Å². The van der Waals surface area contributed by atoms with Gasteiger partial charge in [0.15, 0.2) is 0 Å². The number of carbonyl (C=O) groups is 1. The van der Waals surface area contributed by atoms with Crippen LogP contribution in [0, 0.1) is 5.92 Å². The summed E-state index contributed by atoms with van der Waals surface area (Å²) in [7, 11) is 3.52. The highest BCUT2D eigenvalue weighted by Crippen LogP contribution is 2.33.